The average Bonchev–Trinajstić information content (AvgIpc) is 3.21. The van der Waals surface area contributed by atoms with Crippen LogP contribution in [0.2, 0.25) is 0 Å². The molecule has 1 unspecified atom stereocenters. The first-order valence-electron chi connectivity index (χ1n) is 8.22. The van der Waals surface area contributed by atoms with Crippen molar-refractivity contribution in [1.82, 2.24) is 4.90 Å². The van der Waals surface area contributed by atoms with Gasteiger partial charge in [-0.05, 0) is 24.5 Å². The van der Waals surface area contributed by atoms with Crippen molar-refractivity contribution in [2.45, 2.75) is 32.6 Å². The first kappa shape index (κ1) is 16.3. The lowest BCUT2D eigenvalue weighted by atomic mass is 9.94. The Morgan fingerprint density at radius 1 is 1.33 bits per heavy atom. The molecular formula is C19H21NO4. The molecule has 1 aromatic heterocycles. The quantitative estimate of drug-likeness (QED) is 0.933. The van der Waals surface area contributed by atoms with Gasteiger partial charge in [0.25, 0.3) is 5.91 Å². The first-order chi connectivity index (χ1) is 11.5. The van der Waals surface area contributed by atoms with Gasteiger partial charge in [-0.1, -0.05) is 31.2 Å². The van der Waals surface area contributed by atoms with Gasteiger partial charge in [-0.2, -0.15) is 0 Å². The van der Waals surface area contributed by atoms with E-state index < -0.39 is 5.97 Å². The molecule has 2 aromatic rings. The van der Waals surface area contributed by atoms with E-state index in [0.29, 0.717) is 31.2 Å². The van der Waals surface area contributed by atoms with Crippen LogP contribution in [0.3, 0.4) is 0 Å². The van der Waals surface area contributed by atoms with Gasteiger partial charge in [0.1, 0.15) is 11.3 Å². The van der Waals surface area contributed by atoms with Crippen LogP contribution in [0.1, 0.15) is 57.1 Å². The topological polar surface area (TPSA) is 70.8 Å². The number of carbonyl (C=O) groups excluding carboxylic acids is 1. The summed E-state index contributed by atoms with van der Waals surface area (Å²) in [6, 6.07) is 9.58. The molecule has 0 aliphatic carbocycles. The van der Waals surface area contributed by atoms with Gasteiger partial charge in [-0.15, -0.1) is 0 Å². The van der Waals surface area contributed by atoms with Crippen LogP contribution < -0.4 is 0 Å². The van der Waals surface area contributed by atoms with E-state index in [2.05, 4.69) is 19.1 Å². The highest BCUT2D eigenvalue weighted by Gasteiger charge is 2.31. The molecule has 1 aromatic carbocycles. The second-order valence-corrected chi connectivity index (χ2v) is 6.20. The van der Waals surface area contributed by atoms with Crippen molar-refractivity contribution in [2.75, 3.05) is 13.1 Å². The minimum absolute atomic E-state index is 0.0792. The lowest BCUT2D eigenvalue weighted by Gasteiger charge is -2.16. The summed E-state index contributed by atoms with van der Waals surface area (Å²) in [5.74, 6) is -0.507. The summed E-state index contributed by atoms with van der Waals surface area (Å²) in [4.78, 5) is 25.6. The standard InChI is InChI=1S/C19H21NO4/c1-3-16-15(19(22)23)10-17(24-16)18(21)20-9-8-13(11-20)14-7-5-4-6-12(14)2/h4-7,10,13H,3,8-9,11H2,1-2H3,(H,22,23). The molecule has 24 heavy (non-hydrogen) atoms. The molecule has 1 fully saturated rings. The van der Waals surface area contributed by atoms with E-state index in [9.17, 15) is 14.7 Å². The highest BCUT2D eigenvalue weighted by atomic mass is 16.4. The van der Waals surface area contributed by atoms with Crippen molar-refractivity contribution in [3.8, 4) is 0 Å². The number of nitrogens with zero attached hydrogens (tertiary/aromatic N) is 1. The third-order valence-corrected chi connectivity index (χ3v) is 4.68. The van der Waals surface area contributed by atoms with Gasteiger partial charge in [0, 0.05) is 31.5 Å². The molecule has 1 aliphatic rings. The number of hydrogen-bond acceptors (Lipinski definition) is 3. The second kappa shape index (κ2) is 6.51. The molecule has 126 valence electrons. The van der Waals surface area contributed by atoms with E-state index in [0.717, 1.165) is 6.42 Å². The lowest BCUT2D eigenvalue weighted by molar-refractivity contribution is 0.0693. The molecule has 0 radical (unpaired) electrons. The summed E-state index contributed by atoms with van der Waals surface area (Å²) in [6.45, 7) is 5.18. The van der Waals surface area contributed by atoms with Crippen LogP contribution in [0.5, 0.6) is 0 Å². The number of rotatable bonds is 4. The van der Waals surface area contributed by atoms with Gasteiger partial charge in [0.05, 0.1) is 0 Å². The zero-order valence-corrected chi connectivity index (χ0v) is 13.9. The molecule has 1 amide bonds. The number of furan rings is 1. The van der Waals surface area contributed by atoms with Crippen molar-refractivity contribution in [2.24, 2.45) is 0 Å². The molecule has 1 N–H and O–H groups in total. The SMILES string of the molecule is CCc1oc(C(=O)N2CCC(c3ccccc3C)C2)cc1C(=O)O. The summed E-state index contributed by atoms with van der Waals surface area (Å²) in [5, 5.41) is 9.19. The summed E-state index contributed by atoms with van der Waals surface area (Å²) < 4.78 is 5.49. The van der Waals surface area contributed by atoms with Gasteiger partial charge in [0.2, 0.25) is 0 Å². The zero-order valence-electron chi connectivity index (χ0n) is 13.9. The van der Waals surface area contributed by atoms with E-state index in [1.165, 1.54) is 17.2 Å². The number of aromatic carboxylic acids is 1. The largest absolute Gasteiger partial charge is 0.478 e. The molecule has 1 saturated heterocycles. The van der Waals surface area contributed by atoms with Crippen LogP contribution >= 0.6 is 0 Å². The summed E-state index contributed by atoms with van der Waals surface area (Å²) in [6.07, 6.45) is 1.35. The van der Waals surface area contributed by atoms with Gasteiger partial charge >= 0.3 is 5.97 Å². The van der Waals surface area contributed by atoms with E-state index >= 15 is 0 Å². The van der Waals surface area contributed by atoms with Crippen LogP contribution in [-0.2, 0) is 6.42 Å². The third-order valence-electron chi connectivity index (χ3n) is 4.68. The lowest BCUT2D eigenvalue weighted by Crippen LogP contribution is -2.28. The molecular weight excluding hydrogens is 306 g/mol. The third kappa shape index (κ3) is 2.94. The Labute approximate surface area is 140 Å². The number of carbonyl (C=O) groups is 2. The number of hydrogen-bond donors (Lipinski definition) is 1. The van der Waals surface area contributed by atoms with Gasteiger partial charge < -0.3 is 14.4 Å². The Morgan fingerprint density at radius 3 is 2.71 bits per heavy atom. The monoisotopic (exact) mass is 327 g/mol. The van der Waals surface area contributed by atoms with Crippen LogP contribution in [0.25, 0.3) is 0 Å². The van der Waals surface area contributed by atoms with Crippen molar-refractivity contribution in [3.63, 3.8) is 0 Å². The molecule has 0 spiro atoms. The molecule has 3 rings (SSSR count). The Kier molecular flexibility index (Phi) is 4.42. The number of amides is 1. The van der Waals surface area contributed by atoms with Crippen LogP contribution in [0.4, 0.5) is 0 Å². The normalized spacial score (nSPS) is 17.2. The van der Waals surface area contributed by atoms with Crippen LogP contribution in [0.15, 0.2) is 34.7 Å². The number of likely N-dealkylation sites (tertiary alicyclic amines) is 1. The maximum Gasteiger partial charge on any atom is 0.339 e. The van der Waals surface area contributed by atoms with Crippen LogP contribution in [-0.4, -0.2) is 35.0 Å². The highest BCUT2D eigenvalue weighted by Crippen LogP contribution is 2.30. The Balaban J connectivity index is 1.78. The number of aryl methyl sites for hydroxylation is 2. The van der Waals surface area contributed by atoms with Crippen molar-refractivity contribution in [1.29, 1.82) is 0 Å². The summed E-state index contributed by atoms with van der Waals surface area (Å²) in [7, 11) is 0. The fourth-order valence-electron chi connectivity index (χ4n) is 3.38. The fraction of sp³-hybridized carbons (Fsp3) is 0.368. The molecule has 0 bridgehead atoms. The number of carboxylic acid groups (broad SMARTS) is 1. The maximum atomic E-state index is 12.7. The van der Waals surface area contributed by atoms with Crippen LogP contribution in [0, 0.1) is 6.92 Å². The van der Waals surface area contributed by atoms with E-state index in [-0.39, 0.29) is 17.2 Å². The van der Waals surface area contributed by atoms with E-state index in [4.69, 9.17) is 4.42 Å². The molecule has 5 heteroatoms. The molecule has 0 saturated carbocycles. The Morgan fingerprint density at radius 2 is 2.08 bits per heavy atom. The number of carboxylic acids is 1. The summed E-state index contributed by atoms with van der Waals surface area (Å²) >= 11 is 0. The smallest absolute Gasteiger partial charge is 0.339 e. The molecule has 1 atom stereocenters. The molecule has 1 aliphatic heterocycles. The predicted molar refractivity (Wildman–Crippen MR) is 89.5 cm³/mol. The average molecular weight is 327 g/mol. The molecule has 2 heterocycles. The minimum Gasteiger partial charge on any atom is -0.478 e. The molecule has 5 nitrogen and oxygen atoms in total. The fourth-order valence-corrected chi connectivity index (χ4v) is 3.38. The predicted octanol–water partition coefficient (Wildman–Crippen LogP) is 3.48. The van der Waals surface area contributed by atoms with Gasteiger partial charge in [0.15, 0.2) is 5.76 Å². The van der Waals surface area contributed by atoms with E-state index in [1.54, 1.807) is 4.90 Å². The number of benzene rings is 1. The highest BCUT2D eigenvalue weighted by molar-refractivity contribution is 5.96. The zero-order chi connectivity index (χ0) is 17.3. The van der Waals surface area contributed by atoms with Gasteiger partial charge in [-0.3, -0.25) is 4.79 Å². The summed E-state index contributed by atoms with van der Waals surface area (Å²) in [5.41, 5.74) is 2.58. The minimum atomic E-state index is -1.06. The second-order valence-electron chi connectivity index (χ2n) is 6.20. The van der Waals surface area contributed by atoms with Crippen molar-refractivity contribution >= 4 is 11.9 Å². The Hall–Kier alpha value is -2.56. The van der Waals surface area contributed by atoms with Crippen molar-refractivity contribution < 1.29 is 19.1 Å². The Bertz CT molecular complexity index is 777. The van der Waals surface area contributed by atoms with Crippen molar-refractivity contribution in [3.05, 3.63) is 58.5 Å². The first-order valence-corrected chi connectivity index (χ1v) is 8.22. The van der Waals surface area contributed by atoms with E-state index in [1.807, 2.05) is 19.1 Å². The maximum absolute atomic E-state index is 12.7. The van der Waals surface area contributed by atoms with Gasteiger partial charge in [-0.25, -0.2) is 4.79 Å².